The molecule has 1 unspecified atom stereocenters. The zero-order valence-corrected chi connectivity index (χ0v) is 21.4. The molecule has 1 aromatic heterocycles. The molecule has 7 N–H and O–H groups in total. The minimum absolute atomic E-state index is 0.0519. The highest BCUT2D eigenvalue weighted by molar-refractivity contribution is 5.97. The lowest BCUT2D eigenvalue weighted by Crippen LogP contribution is -2.45. The van der Waals surface area contributed by atoms with E-state index < -0.39 is 35.8 Å². The van der Waals surface area contributed by atoms with E-state index in [1.54, 1.807) is 24.3 Å². The molecule has 0 saturated carbocycles. The summed E-state index contributed by atoms with van der Waals surface area (Å²) in [5, 5.41) is 17.6. The summed E-state index contributed by atoms with van der Waals surface area (Å²) in [6.07, 6.45) is -2.21. The number of carbonyl (C=O) groups excluding carboxylic acids is 2. The Balaban J connectivity index is 0.000000745. The molecule has 12 nitrogen and oxygen atoms in total. The fraction of sp³-hybridized carbons (Fsp3) is 0.160. The molecule has 3 rings (SSSR count). The van der Waals surface area contributed by atoms with Crippen LogP contribution in [0.3, 0.4) is 0 Å². The molecular weight excluding hydrogens is 556 g/mol. The maximum Gasteiger partial charge on any atom is 0.490 e. The van der Waals surface area contributed by atoms with Crippen LogP contribution in [-0.2, 0) is 9.59 Å². The Bertz CT molecular complexity index is 1390. The summed E-state index contributed by atoms with van der Waals surface area (Å²) in [5.41, 5.74) is 11.2. The third kappa shape index (κ3) is 9.09. The number of aromatic nitrogens is 1. The summed E-state index contributed by atoms with van der Waals surface area (Å²) >= 11 is 0. The fourth-order valence-corrected chi connectivity index (χ4v) is 3.05. The quantitative estimate of drug-likeness (QED) is 0.101. The van der Waals surface area contributed by atoms with E-state index in [0.717, 1.165) is 6.07 Å². The number of carboxylic acid groups (broad SMARTS) is 1. The Labute approximate surface area is 230 Å². The van der Waals surface area contributed by atoms with Crippen molar-refractivity contribution in [1.82, 2.24) is 15.8 Å². The molecule has 0 aliphatic rings. The Morgan fingerprint density at radius 1 is 0.951 bits per heavy atom. The number of nitrogens with two attached hydrogens (primary N) is 1. The standard InChI is InChI=1S/C23H23FN6O4.C2HF3O2/c1-33-18-11-16(17(24)12-19(18)34-2)20(28-15-5-3-13(4-6-15)21(25)26)23(32)30-29-22(31)14-7-9-27-10-8-14;3-2(4,5)1(6)7/h3-12,20,28H,1-2H3,(H3,25,26)(H,29,31)(H,30,32);(H,6,7). The number of carboxylic acids is 1. The molecule has 0 radical (unpaired) electrons. The smallest absolute Gasteiger partial charge is 0.490 e. The van der Waals surface area contributed by atoms with E-state index in [1.807, 2.05) is 0 Å². The molecule has 2 aromatic carbocycles. The van der Waals surface area contributed by atoms with Gasteiger partial charge in [-0.25, -0.2) is 9.18 Å². The van der Waals surface area contributed by atoms with Gasteiger partial charge < -0.3 is 25.6 Å². The van der Waals surface area contributed by atoms with Crippen LogP contribution in [0.15, 0.2) is 60.9 Å². The second-order valence-electron chi connectivity index (χ2n) is 7.78. The minimum atomic E-state index is -5.08. The highest BCUT2D eigenvalue weighted by Gasteiger charge is 2.38. The third-order valence-corrected chi connectivity index (χ3v) is 5.07. The van der Waals surface area contributed by atoms with E-state index in [2.05, 4.69) is 21.2 Å². The average Bonchev–Trinajstić information content (AvgIpc) is 2.95. The van der Waals surface area contributed by atoms with Crippen molar-refractivity contribution >= 4 is 29.3 Å². The molecule has 16 heteroatoms. The van der Waals surface area contributed by atoms with Gasteiger partial charge in [-0.1, -0.05) is 0 Å². The molecular formula is C25H24F4N6O6. The summed E-state index contributed by atoms with van der Waals surface area (Å²) in [5.74, 6) is -4.56. The lowest BCUT2D eigenvalue weighted by atomic mass is 10.0. The summed E-state index contributed by atoms with van der Waals surface area (Å²) in [6.45, 7) is 0. The van der Waals surface area contributed by atoms with E-state index in [1.165, 1.54) is 44.8 Å². The van der Waals surface area contributed by atoms with E-state index in [0.29, 0.717) is 11.3 Å². The molecule has 41 heavy (non-hydrogen) atoms. The predicted octanol–water partition coefficient (Wildman–Crippen LogP) is 2.77. The SMILES string of the molecule is COc1cc(F)c(C(Nc2ccc(C(=N)N)cc2)C(=O)NNC(=O)c2ccncc2)cc1OC.O=C(O)C(F)(F)F. The first-order valence-electron chi connectivity index (χ1n) is 11.2. The van der Waals surface area contributed by atoms with Crippen LogP contribution in [0.2, 0.25) is 0 Å². The Hall–Kier alpha value is -5.41. The number of rotatable bonds is 8. The van der Waals surface area contributed by atoms with Crippen LogP contribution in [0.5, 0.6) is 11.5 Å². The van der Waals surface area contributed by atoms with E-state index >= 15 is 4.39 Å². The molecule has 0 spiro atoms. The van der Waals surface area contributed by atoms with E-state index in [4.69, 9.17) is 30.5 Å². The van der Waals surface area contributed by atoms with Gasteiger partial charge in [0.05, 0.1) is 14.2 Å². The van der Waals surface area contributed by atoms with Crippen LogP contribution in [0.4, 0.5) is 23.2 Å². The number of methoxy groups -OCH3 is 2. The Kier molecular flexibility index (Phi) is 10.9. The molecule has 0 fully saturated rings. The molecule has 218 valence electrons. The monoisotopic (exact) mass is 580 g/mol. The molecule has 1 heterocycles. The van der Waals surface area contributed by atoms with Crippen molar-refractivity contribution in [2.45, 2.75) is 12.2 Å². The number of hydrogen-bond acceptors (Lipinski definition) is 8. The Morgan fingerprint density at radius 3 is 1.98 bits per heavy atom. The van der Waals surface area contributed by atoms with Crippen molar-refractivity contribution in [1.29, 1.82) is 5.41 Å². The number of benzene rings is 2. The van der Waals surface area contributed by atoms with Gasteiger partial charge >= 0.3 is 12.1 Å². The van der Waals surface area contributed by atoms with Gasteiger partial charge in [-0.2, -0.15) is 13.2 Å². The summed E-state index contributed by atoms with van der Waals surface area (Å²) in [6, 6.07) is 10.4. The molecule has 2 amide bonds. The van der Waals surface area contributed by atoms with E-state index in [-0.39, 0.29) is 28.5 Å². The minimum Gasteiger partial charge on any atom is -0.493 e. The first kappa shape index (κ1) is 31.8. The number of nitrogens with one attached hydrogen (secondary N) is 4. The first-order valence-corrected chi connectivity index (χ1v) is 11.2. The van der Waals surface area contributed by atoms with Crippen LogP contribution in [0, 0.1) is 11.2 Å². The number of hydrogen-bond donors (Lipinski definition) is 6. The zero-order chi connectivity index (χ0) is 30.7. The molecule has 0 bridgehead atoms. The Morgan fingerprint density at radius 2 is 1.49 bits per heavy atom. The molecule has 3 aromatic rings. The maximum atomic E-state index is 15.0. The van der Waals surface area contributed by atoms with Crippen LogP contribution in [0.25, 0.3) is 0 Å². The van der Waals surface area contributed by atoms with Crippen molar-refractivity contribution in [3.63, 3.8) is 0 Å². The second kappa shape index (κ2) is 14.1. The van der Waals surface area contributed by atoms with Crippen molar-refractivity contribution in [3.05, 3.63) is 83.4 Å². The lowest BCUT2D eigenvalue weighted by Gasteiger charge is -2.22. The van der Waals surface area contributed by atoms with Gasteiger partial charge in [0.1, 0.15) is 17.7 Å². The van der Waals surface area contributed by atoms with Gasteiger partial charge in [0.15, 0.2) is 11.5 Å². The molecule has 0 saturated heterocycles. The largest absolute Gasteiger partial charge is 0.493 e. The van der Waals surface area contributed by atoms with Crippen LogP contribution >= 0.6 is 0 Å². The number of pyridine rings is 1. The second-order valence-corrected chi connectivity index (χ2v) is 7.78. The summed E-state index contributed by atoms with van der Waals surface area (Å²) in [4.78, 5) is 38.1. The van der Waals surface area contributed by atoms with Gasteiger partial charge in [-0.05, 0) is 42.5 Å². The number of nitrogen functional groups attached to an aromatic ring is 1. The molecule has 0 aliphatic heterocycles. The topological polar surface area (TPSA) is 189 Å². The van der Waals surface area contributed by atoms with Gasteiger partial charge in [0.25, 0.3) is 11.8 Å². The van der Waals surface area contributed by atoms with E-state index in [9.17, 15) is 22.8 Å². The highest BCUT2D eigenvalue weighted by Crippen LogP contribution is 2.33. The van der Waals surface area contributed by atoms with Gasteiger partial charge in [0.2, 0.25) is 0 Å². The van der Waals surface area contributed by atoms with Crippen molar-refractivity contribution in [2.24, 2.45) is 5.73 Å². The van der Waals surface area contributed by atoms with Gasteiger partial charge in [-0.3, -0.25) is 30.8 Å². The number of ether oxygens (including phenoxy) is 2. The number of carbonyl (C=O) groups is 3. The average molecular weight is 580 g/mol. The molecule has 1 atom stereocenters. The number of nitrogens with zero attached hydrogens (tertiary/aromatic N) is 1. The third-order valence-electron chi connectivity index (χ3n) is 5.07. The fourth-order valence-electron chi connectivity index (χ4n) is 3.05. The highest BCUT2D eigenvalue weighted by atomic mass is 19.4. The lowest BCUT2D eigenvalue weighted by molar-refractivity contribution is -0.192. The number of aliphatic carboxylic acids is 1. The number of amides is 2. The van der Waals surface area contributed by atoms with Crippen LogP contribution < -0.4 is 31.4 Å². The predicted molar refractivity (Wildman–Crippen MR) is 137 cm³/mol. The number of alkyl halides is 3. The number of halogens is 4. The number of hydrazine groups is 1. The summed E-state index contributed by atoms with van der Waals surface area (Å²) < 4.78 is 57.1. The first-order chi connectivity index (χ1) is 19.3. The molecule has 0 aliphatic carbocycles. The van der Waals surface area contributed by atoms with Crippen molar-refractivity contribution in [3.8, 4) is 11.5 Å². The summed E-state index contributed by atoms with van der Waals surface area (Å²) in [7, 11) is 2.75. The van der Waals surface area contributed by atoms with Crippen LogP contribution in [0.1, 0.15) is 27.5 Å². The maximum absolute atomic E-state index is 15.0. The van der Waals surface area contributed by atoms with Gasteiger partial charge in [-0.15, -0.1) is 0 Å². The zero-order valence-electron chi connectivity index (χ0n) is 21.4. The number of anilines is 1. The van der Waals surface area contributed by atoms with Crippen molar-refractivity contribution in [2.75, 3.05) is 19.5 Å². The van der Waals surface area contributed by atoms with Gasteiger partial charge in [0, 0.05) is 40.8 Å². The number of amidine groups is 1. The van der Waals surface area contributed by atoms with Crippen LogP contribution in [-0.4, -0.2) is 54.1 Å². The normalized spacial score (nSPS) is 11.2. The van der Waals surface area contributed by atoms with Crippen molar-refractivity contribution < 1.29 is 46.5 Å².